The first-order valence-electron chi connectivity index (χ1n) is 8.88. The summed E-state index contributed by atoms with van der Waals surface area (Å²) in [5.74, 6) is 0.806. The van der Waals surface area contributed by atoms with Crippen LogP contribution in [0.4, 0.5) is 0 Å². The van der Waals surface area contributed by atoms with E-state index in [4.69, 9.17) is 0 Å². The molecule has 2 aliphatic carbocycles. The van der Waals surface area contributed by atoms with Gasteiger partial charge in [-0.2, -0.15) is 5.26 Å². The largest absolute Gasteiger partial charge is 0.300 e. The lowest BCUT2D eigenvalue weighted by atomic mass is 9.77. The topological polar surface area (TPSA) is 39.1 Å². The van der Waals surface area contributed by atoms with Gasteiger partial charge in [-0.3, -0.25) is 5.32 Å². The van der Waals surface area contributed by atoms with Crippen molar-refractivity contribution < 1.29 is 0 Å². The molecule has 0 bridgehead atoms. The van der Waals surface area contributed by atoms with Crippen LogP contribution in [0.3, 0.4) is 0 Å². The van der Waals surface area contributed by atoms with E-state index in [2.05, 4.69) is 44.1 Å². The fourth-order valence-corrected chi connectivity index (χ4v) is 4.58. The zero-order valence-electron chi connectivity index (χ0n) is 14.4. The van der Waals surface area contributed by atoms with Gasteiger partial charge in [0.05, 0.1) is 6.07 Å². The molecule has 3 nitrogen and oxygen atoms in total. The highest BCUT2D eigenvalue weighted by atomic mass is 15.2. The van der Waals surface area contributed by atoms with Gasteiger partial charge in [0.25, 0.3) is 0 Å². The Morgan fingerprint density at radius 1 is 1.19 bits per heavy atom. The molecule has 0 heterocycles. The van der Waals surface area contributed by atoms with Gasteiger partial charge in [-0.05, 0) is 65.3 Å². The maximum atomic E-state index is 9.72. The zero-order valence-corrected chi connectivity index (χ0v) is 14.4. The zero-order chi connectivity index (χ0) is 15.5. The summed E-state index contributed by atoms with van der Waals surface area (Å²) < 4.78 is 0. The molecule has 21 heavy (non-hydrogen) atoms. The van der Waals surface area contributed by atoms with Crippen LogP contribution in [0.5, 0.6) is 0 Å². The summed E-state index contributed by atoms with van der Waals surface area (Å²) in [6, 6.07) is 4.27. The first-order valence-corrected chi connectivity index (χ1v) is 8.88. The number of nitrogens with one attached hydrogen (secondary N) is 1. The van der Waals surface area contributed by atoms with Crippen molar-refractivity contribution in [1.82, 2.24) is 10.2 Å². The van der Waals surface area contributed by atoms with Crippen molar-refractivity contribution in [1.29, 1.82) is 5.26 Å². The molecule has 2 fully saturated rings. The highest BCUT2D eigenvalue weighted by Crippen LogP contribution is 2.35. The number of hydrogen-bond donors (Lipinski definition) is 1. The Hall–Kier alpha value is -0.590. The predicted octanol–water partition coefficient (Wildman–Crippen LogP) is 3.70. The fraction of sp³-hybridized carbons (Fsp3) is 0.944. The van der Waals surface area contributed by atoms with E-state index in [1.165, 1.54) is 38.5 Å². The summed E-state index contributed by atoms with van der Waals surface area (Å²) in [6.45, 7) is 6.71. The van der Waals surface area contributed by atoms with E-state index in [-0.39, 0.29) is 5.54 Å². The molecule has 4 atom stereocenters. The second-order valence-electron chi connectivity index (χ2n) is 7.74. The van der Waals surface area contributed by atoms with E-state index in [1.807, 2.05) is 0 Å². The van der Waals surface area contributed by atoms with Crippen LogP contribution in [0.1, 0.15) is 72.1 Å². The minimum Gasteiger partial charge on any atom is -0.300 e. The van der Waals surface area contributed by atoms with Crippen molar-refractivity contribution in [3.8, 4) is 6.07 Å². The Labute approximate surface area is 131 Å². The van der Waals surface area contributed by atoms with E-state index in [9.17, 15) is 5.26 Å². The number of nitriles is 1. The standard InChI is InChI=1S/C18H33N3/c1-14(2)20-18(13-19)11-7-9-16(12-18)21(4)17-10-6-5-8-15(17)3/h14-17,20H,5-12H2,1-4H3. The monoisotopic (exact) mass is 291 g/mol. The SMILES string of the molecule is CC(C)NC1(C#N)CCCC(N(C)C2CCCCC2C)C1. The van der Waals surface area contributed by atoms with E-state index in [0.717, 1.165) is 24.8 Å². The maximum Gasteiger partial charge on any atom is 0.108 e. The Kier molecular flexibility index (Phi) is 5.68. The molecular weight excluding hydrogens is 258 g/mol. The molecule has 1 N–H and O–H groups in total. The molecule has 2 rings (SSSR count). The van der Waals surface area contributed by atoms with Gasteiger partial charge in [-0.15, -0.1) is 0 Å². The average molecular weight is 291 g/mol. The molecule has 120 valence electrons. The lowest BCUT2D eigenvalue weighted by Gasteiger charge is -2.46. The van der Waals surface area contributed by atoms with Crippen LogP contribution in [0.25, 0.3) is 0 Å². The van der Waals surface area contributed by atoms with Crippen molar-refractivity contribution in [2.75, 3.05) is 7.05 Å². The van der Waals surface area contributed by atoms with Crippen molar-refractivity contribution >= 4 is 0 Å². The third-order valence-electron chi connectivity index (χ3n) is 5.67. The van der Waals surface area contributed by atoms with Crippen molar-refractivity contribution in [3.05, 3.63) is 0 Å². The quantitative estimate of drug-likeness (QED) is 0.858. The number of rotatable bonds is 4. The van der Waals surface area contributed by atoms with Crippen LogP contribution in [0.15, 0.2) is 0 Å². The third-order valence-corrected chi connectivity index (χ3v) is 5.67. The summed E-state index contributed by atoms with van der Waals surface area (Å²) in [7, 11) is 2.31. The van der Waals surface area contributed by atoms with Crippen LogP contribution in [-0.2, 0) is 0 Å². The number of nitrogens with zero attached hydrogens (tertiary/aromatic N) is 2. The van der Waals surface area contributed by atoms with Gasteiger partial charge in [0.1, 0.15) is 5.54 Å². The van der Waals surface area contributed by atoms with Gasteiger partial charge in [-0.25, -0.2) is 0 Å². The minimum atomic E-state index is -0.302. The van der Waals surface area contributed by atoms with Crippen LogP contribution in [0, 0.1) is 17.2 Å². The molecule has 2 aliphatic rings. The van der Waals surface area contributed by atoms with Crippen LogP contribution >= 0.6 is 0 Å². The van der Waals surface area contributed by atoms with E-state index < -0.39 is 0 Å². The van der Waals surface area contributed by atoms with Crippen LogP contribution < -0.4 is 5.32 Å². The summed E-state index contributed by atoms with van der Waals surface area (Å²) in [5, 5.41) is 13.3. The van der Waals surface area contributed by atoms with Gasteiger partial charge in [0, 0.05) is 18.1 Å². The minimum absolute atomic E-state index is 0.302. The van der Waals surface area contributed by atoms with E-state index >= 15 is 0 Å². The van der Waals surface area contributed by atoms with E-state index in [1.54, 1.807) is 0 Å². The van der Waals surface area contributed by atoms with Crippen LogP contribution in [0.2, 0.25) is 0 Å². The molecule has 0 amide bonds. The van der Waals surface area contributed by atoms with Gasteiger partial charge in [-0.1, -0.05) is 19.8 Å². The first-order chi connectivity index (χ1) is 9.97. The Morgan fingerprint density at radius 2 is 1.90 bits per heavy atom. The predicted molar refractivity (Wildman–Crippen MR) is 88.1 cm³/mol. The van der Waals surface area contributed by atoms with Crippen molar-refractivity contribution in [3.63, 3.8) is 0 Å². The molecular formula is C18H33N3. The molecule has 2 saturated carbocycles. The Bertz CT molecular complexity index is 373. The van der Waals surface area contributed by atoms with Gasteiger partial charge >= 0.3 is 0 Å². The van der Waals surface area contributed by atoms with Crippen molar-refractivity contribution in [2.24, 2.45) is 5.92 Å². The second-order valence-corrected chi connectivity index (χ2v) is 7.74. The fourth-order valence-electron chi connectivity index (χ4n) is 4.58. The lowest BCUT2D eigenvalue weighted by Crippen LogP contribution is -2.56. The highest BCUT2D eigenvalue weighted by Gasteiger charge is 2.40. The van der Waals surface area contributed by atoms with Gasteiger partial charge in [0.15, 0.2) is 0 Å². The smallest absolute Gasteiger partial charge is 0.108 e. The Balaban J connectivity index is 2.04. The summed E-state index contributed by atoms with van der Waals surface area (Å²) in [5.41, 5.74) is -0.302. The summed E-state index contributed by atoms with van der Waals surface area (Å²) in [6.07, 6.45) is 9.90. The normalized spacial score (nSPS) is 37.7. The number of hydrogen-bond acceptors (Lipinski definition) is 3. The third kappa shape index (κ3) is 3.99. The molecule has 3 heteroatoms. The second kappa shape index (κ2) is 7.11. The highest BCUT2D eigenvalue weighted by molar-refractivity contribution is 5.12. The Morgan fingerprint density at radius 3 is 2.52 bits per heavy atom. The molecule has 0 saturated heterocycles. The first kappa shape index (κ1) is 16.8. The summed E-state index contributed by atoms with van der Waals surface area (Å²) in [4.78, 5) is 2.62. The molecule has 0 spiro atoms. The molecule has 0 radical (unpaired) electrons. The molecule has 4 unspecified atom stereocenters. The molecule has 0 aliphatic heterocycles. The van der Waals surface area contributed by atoms with Gasteiger partial charge in [0.2, 0.25) is 0 Å². The van der Waals surface area contributed by atoms with Crippen molar-refractivity contribution in [2.45, 2.75) is 95.8 Å². The maximum absolute atomic E-state index is 9.72. The van der Waals surface area contributed by atoms with Crippen LogP contribution in [-0.4, -0.2) is 35.6 Å². The van der Waals surface area contributed by atoms with Gasteiger partial charge < -0.3 is 4.90 Å². The van der Waals surface area contributed by atoms with E-state index in [0.29, 0.717) is 12.1 Å². The average Bonchev–Trinajstić information content (AvgIpc) is 2.46. The summed E-state index contributed by atoms with van der Waals surface area (Å²) >= 11 is 0. The molecule has 0 aromatic heterocycles. The molecule has 0 aromatic rings. The lowest BCUT2D eigenvalue weighted by molar-refractivity contribution is 0.0585. The molecule has 0 aromatic carbocycles.